The van der Waals surface area contributed by atoms with Crippen molar-refractivity contribution in [3.63, 3.8) is 0 Å². The first-order valence-electron chi connectivity index (χ1n) is 7.32. The van der Waals surface area contributed by atoms with Crippen LogP contribution in [0.5, 0.6) is 0 Å². The van der Waals surface area contributed by atoms with E-state index in [0.717, 1.165) is 23.5 Å². The van der Waals surface area contributed by atoms with Crippen molar-refractivity contribution in [1.29, 1.82) is 0 Å². The second kappa shape index (κ2) is 6.72. The Morgan fingerprint density at radius 1 is 1.48 bits per heavy atom. The van der Waals surface area contributed by atoms with Crippen molar-refractivity contribution in [2.45, 2.75) is 39.8 Å². The Labute approximate surface area is 125 Å². The van der Waals surface area contributed by atoms with Gasteiger partial charge in [-0.05, 0) is 25.0 Å². The largest absolute Gasteiger partial charge is 0.468 e. The molecule has 2 unspecified atom stereocenters. The standard InChI is InChI=1S/C16H23N3O2/c1-5-11(2)15(16(20)21-4)17-10-13-12(3)18-14-8-6-7-9-19(13)14/h6-9,11,15,17H,5,10H2,1-4H3. The van der Waals surface area contributed by atoms with E-state index in [2.05, 4.69) is 24.1 Å². The van der Waals surface area contributed by atoms with E-state index in [9.17, 15) is 4.79 Å². The van der Waals surface area contributed by atoms with Crippen LogP contribution in [0.25, 0.3) is 5.65 Å². The lowest BCUT2D eigenvalue weighted by Gasteiger charge is -2.22. The van der Waals surface area contributed by atoms with Gasteiger partial charge < -0.3 is 9.14 Å². The topological polar surface area (TPSA) is 55.6 Å². The fourth-order valence-corrected chi connectivity index (χ4v) is 2.46. The normalized spacial score (nSPS) is 14.1. The van der Waals surface area contributed by atoms with Crippen LogP contribution in [0.15, 0.2) is 24.4 Å². The first-order valence-corrected chi connectivity index (χ1v) is 7.32. The van der Waals surface area contributed by atoms with E-state index in [1.807, 2.05) is 35.7 Å². The van der Waals surface area contributed by atoms with E-state index in [0.29, 0.717) is 6.54 Å². The monoisotopic (exact) mass is 289 g/mol. The van der Waals surface area contributed by atoms with Crippen LogP contribution in [0.3, 0.4) is 0 Å². The van der Waals surface area contributed by atoms with Crippen LogP contribution in [0.1, 0.15) is 31.7 Å². The number of hydrogen-bond acceptors (Lipinski definition) is 4. The summed E-state index contributed by atoms with van der Waals surface area (Å²) in [5.41, 5.74) is 2.97. The molecule has 0 radical (unpaired) electrons. The van der Waals surface area contributed by atoms with Gasteiger partial charge in [0.25, 0.3) is 0 Å². The lowest BCUT2D eigenvalue weighted by Crippen LogP contribution is -2.42. The smallest absolute Gasteiger partial charge is 0.323 e. The third kappa shape index (κ3) is 3.24. The Kier molecular flexibility index (Phi) is 4.96. The van der Waals surface area contributed by atoms with Gasteiger partial charge in [-0.1, -0.05) is 26.3 Å². The van der Waals surface area contributed by atoms with Crippen molar-refractivity contribution in [3.05, 3.63) is 35.8 Å². The molecule has 114 valence electrons. The molecular weight excluding hydrogens is 266 g/mol. The van der Waals surface area contributed by atoms with Gasteiger partial charge in [-0.2, -0.15) is 0 Å². The number of aromatic nitrogens is 2. The molecule has 0 aromatic carbocycles. The lowest BCUT2D eigenvalue weighted by atomic mass is 9.99. The van der Waals surface area contributed by atoms with Crippen LogP contribution < -0.4 is 5.32 Å². The summed E-state index contributed by atoms with van der Waals surface area (Å²) < 4.78 is 6.95. The van der Waals surface area contributed by atoms with Crippen LogP contribution >= 0.6 is 0 Å². The molecule has 0 aliphatic rings. The first kappa shape index (κ1) is 15.5. The molecule has 1 N–H and O–H groups in total. The third-order valence-corrected chi connectivity index (χ3v) is 3.99. The van der Waals surface area contributed by atoms with Gasteiger partial charge in [-0.25, -0.2) is 4.98 Å². The van der Waals surface area contributed by atoms with Gasteiger partial charge in [-0.3, -0.25) is 10.1 Å². The zero-order valence-electron chi connectivity index (χ0n) is 13.1. The number of methoxy groups -OCH3 is 1. The highest BCUT2D eigenvalue weighted by atomic mass is 16.5. The molecule has 2 rings (SSSR count). The van der Waals surface area contributed by atoms with Gasteiger partial charge in [0.1, 0.15) is 11.7 Å². The maximum atomic E-state index is 11.9. The van der Waals surface area contributed by atoms with Crippen molar-refractivity contribution in [2.75, 3.05) is 7.11 Å². The summed E-state index contributed by atoms with van der Waals surface area (Å²) in [6.45, 7) is 6.69. The minimum Gasteiger partial charge on any atom is -0.468 e. The molecule has 0 bridgehead atoms. The summed E-state index contributed by atoms with van der Waals surface area (Å²) in [5, 5.41) is 3.32. The van der Waals surface area contributed by atoms with Gasteiger partial charge in [0.15, 0.2) is 0 Å². The molecule has 2 aromatic heterocycles. The molecule has 0 saturated heterocycles. The highest BCUT2D eigenvalue weighted by Gasteiger charge is 2.24. The predicted molar refractivity (Wildman–Crippen MR) is 82.0 cm³/mol. The summed E-state index contributed by atoms with van der Waals surface area (Å²) >= 11 is 0. The van der Waals surface area contributed by atoms with Gasteiger partial charge >= 0.3 is 5.97 Å². The highest BCUT2D eigenvalue weighted by molar-refractivity contribution is 5.76. The molecule has 2 atom stereocenters. The average molecular weight is 289 g/mol. The van der Waals surface area contributed by atoms with Gasteiger partial charge in [0.05, 0.1) is 18.5 Å². The minimum atomic E-state index is -0.298. The van der Waals surface area contributed by atoms with E-state index < -0.39 is 0 Å². The number of aryl methyl sites for hydroxylation is 1. The van der Waals surface area contributed by atoms with Crippen molar-refractivity contribution < 1.29 is 9.53 Å². The van der Waals surface area contributed by atoms with Crippen LogP contribution in [0.2, 0.25) is 0 Å². The Hall–Kier alpha value is -1.88. The number of carbonyl (C=O) groups excluding carboxylic acids is 1. The Morgan fingerprint density at radius 3 is 2.90 bits per heavy atom. The second-order valence-corrected chi connectivity index (χ2v) is 5.34. The number of pyridine rings is 1. The van der Waals surface area contributed by atoms with E-state index in [4.69, 9.17) is 4.74 Å². The number of ether oxygens (including phenoxy) is 1. The van der Waals surface area contributed by atoms with Crippen LogP contribution in [0, 0.1) is 12.8 Å². The summed E-state index contributed by atoms with van der Waals surface area (Å²) in [6.07, 6.45) is 2.90. The molecule has 2 aromatic rings. The zero-order chi connectivity index (χ0) is 15.4. The number of rotatable bonds is 6. The molecule has 21 heavy (non-hydrogen) atoms. The summed E-state index contributed by atoms with van der Waals surface area (Å²) in [7, 11) is 1.43. The number of hydrogen-bond donors (Lipinski definition) is 1. The summed E-state index contributed by atoms with van der Waals surface area (Å²) in [4.78, 5) is 16.4. The van der Waals surface area contributed by atoms with Crippen molar-refractivity contribution in [1.82, 2.24) is 14.7 Å². The molecule has 0 amide bonds. The summed E-state index contributed by atoms with van der Waals surface area (Å²) in [5.74, 6) is 0.00719. The van der Waals surface area contributed by atoms with Crippen LogP contribution in [0.4, 0.5) is 0 Å². The average Bonchev–Trinajstić information content (AvgIpc) is 2.82. The first-order chi connectivity index (χ1) is 10.1. The number of nitrogens with zero attached hydrogens (tertiary/aromatic N) is 2. The maximum absolute atomic E-state index is 11.9. The van der Waals surface area contributed by atoms with Crippen LogP contribution in [-0.4, -0.2) is 28.5 Å². The molecule has 5 heteroatoms. The van der Waals surface area contributed by atoms with E-state index in [-0.39, 0.29) is 17.9 Å². The number of nitrogens with one attached hydrogen (secondary N) is 1. The molecule has 0 aliphatic heterocycles. The van der Waals surface area contributed by atoms with E-state index in [1.54, 1.807) is 0 Å². The highest BCUT2D eigenvalue weighted by Crippen LogP contribution is 2.14. The number of imidazole rings is 1. The fourth-order valence-electron chi connectivity index (χ4n) is 2.46. The molecule has 0 saturated carbocycles. The fraction of sp³-hybridized carbons (Fsp3) is 0.500. The van der Waals surface area contributed by atoms with Gasteiger partial charge in [-0.15, -0.1) is 0 Å². The van der Waals surface area contributed by atoms with Gasteiger partial charge in [0, 0.05) is 12.7 Å². The van der Waals surface area contributed by atoms with E-state index in [1.165, 1.54) is 7.11 Å². The van der Waals surface area contributed by atoms with Crippen molar-refractivity contribution in [2.24, 2.45) is 5.92 Å². The maximum Gasteiger partial charge on any atom is 0.323 e. The van der Waals surface area contributed by atoms with Crippen molar-refractivity contribution >= 4 is 11.6 Å². The SMILES string of the molecule is CCC(C)C(NCc1c(C)nc2ccccn12)C(=O)OC. The molecule has 0 fully saturated rings. The number of esters is 1. The quantitative estimate of drug-likeness (QED) is 0.829. The Balaban J connectivity index is 2.19. The number of carbonyl (C=O) groups is 1. The minimum absolute atomic E-state index is 0.212. The third-order valence-electron chi connectivity index (χ3n) is 3.99. The molecule has 0 spiro atoms. The molecule has 0 aliphatic carbocycles. The number of fused-ring (bicyclic) bond motifs is 1. The lowest BCUT2D eigenvalue weighted by molar-refractivity contribution is -0.144. The van der Waals surface area contributed by atoms with Gasteiger partial charge in [0.2, 0.25) is 0 Å². The predicted octanol–water partition coefficient (Wildman–Crippen LogP) is 2.32. The second-order valence-electron chi connectivity index (χ2n) is 5.34. The van der Waals surface area contributed by atoms with Crippen molar-refractivity contribution in [3.8, 4) is 0 Å². The Bertz CT molecular complexity index is 621. The summed E-state index contributed by atoms with van der Waals surface area (Å²) in [6, 6.07) is 5.62. The molecular formula is C16H23N3O2. The molecule has 2 heterocycles. The van der Waals surface area contributed by atoms with E-state index >= 15 is 0 Å². The van der Waals surface area contributed by atoms with Crippen LogP contribution in [-0.2, 0) is 16.1 Å². The zero-order valence-corrected chi connectivity index (χ0v) is 13.1. The Morgan fingerprint density at radius 2 is 2.24 bits per heavy atom. The molecule has 5 nitrogen and oxygen atoms in total.